The highest BCUT2D eigenvalue weighted by Crippen LogP contribution is 2.34. The van der Waals surface area contributed by atoms with Crippen LogP contribution in [0.25, 0.3) is 55.2 Å². The molecular formula is C41H26BN3O. The fourth-order valence-electron chi connectivity index (χ4n) is 7.54. The zero-order valence-corrected chi connectivity index (χ0v) is 24.8. The van der Waals surface area contributed by atoms with Crippen LogP contribution in [0, 0.1) is 0 Å². The zero-order chi connectivity index (χ0) is 30.2. The first-order valence-corrected chi connectivity index (χ1v) is 15.7. The molecule has 0 spiro atoms. The predicted octanol–water partition coefficient (Wildman–Crippen LogP) is 7.90. The molecule has 0 saturated heterocycles. The van der Waals surface area contributed by atoms with Crippen LogP contribution >= 0.6 is 0 Å². The molecule has 5 heteroatoms. The summed E-state index contributed by atoms with van der Waals surface area (Å²) in [6, 6.07) is 55.8. The van der Waals surface area contributed by atoms with Crippen molar-refractivity contribution in [1.82, 2.24) is 14.1 Å². The van der Waals surface area contributed by atoms with Crippen LogP contribution in [0.1, 0.15) is 0 Å². The molecule has 0 amide bonds. The third-order valence-electron chi connectivity index (χ3n) is 9.48. The summed E-state index contributed by atoms with van der Waals surface area (Å²) in [5.74, 6) is 3.55. The third-order valence-corrected chi connectivity index (χ3v) is 9.48. The molecule has 0 fully saturated rings. The summed E-state index contributed by atoms with van der Waals surface area (Å²) in [5, 5.41) is 4.85. The van der Waals surface area contributed by atoms with Crippen LogP contribution in [0.2, 0.25) is 0 Å². The first kappa shape index (κ1) is 25.3. The van der Waals surface area contributed by atoms with Crippen molar-refractivity contribution in [2.45, 2.75) is 0 Å². The number of benzene rings is 6. The lowest BCUT2D eigenvalue weighted by Crippen LogP contribution is -2.56. The molecule has 0 N–H and O–H groups in total. The Morgan fingerprint density at radius 3 is 1.30 bits per heavy atom. The van der Waals surface area contributed by atoms with Gasteiger partial charge in [-0.1, -0.05) is 115 Å². The molecule has 10 rings (SSSR count). The number of ether oxygens (including phenoxy) is 1. The van der Waals surface area contributed by atoms with Gasteiger partial charge in [0.2, 0.25) is 0 Å². The van der Waals surface area contributed by atoms with Crippen LogP contribution in [-0.2, 0) is 0 Å². The van der Waals surface area contributed by atoms with Gasteiger partial charge in [-0.05, 0) is 58.9 Å². The standard InChI is InChI=1S/C41H26BN3O/c1-7-19-34-27(13-1)28-14-2-8-20-35(28)44(34)40-26-25-33(42-31-17-5-11-23-38(31)46-39-24-12-6-18-32(39)42)41(43-40)45-36-21-9-3-15-29(36)30-16-4-10-22-37(30)45/h1-26H. The first-order chi connectivity index (χ1) is 22.8. The van der Waals surface area contributed by atoms with Gasteiger partial charge in [0.15, 0.2) is 0 Å². The van der Waals surface area contributed by atoms with E-state index in [4.69, 9.17) is 9.72 Å². The molecule has 9 aromatic rings. The Morgan fingerprint density at radius 1 is 0.391 bits per heavy atom. The number of rotatable bonds is 3. The minimum atomic E-state index is -0.0734. The monoisotopic (exact) mass is 587 g/mol. The fourth-order valence-corrected chi connectivity index (χ4v) is 7.54. The SMILES string of the molecule is c1ccc2c(c1)Oc1ccccc1B2c1ccc(-n2c3ccccc3c3ccccc32)nc1-n1c2ccccc2c2ccccc21. The molecule has 6 aromatic carbocycles. The number of aromatic nitrogens is 3. The second-order valence-corrected chi connectivity index (χ2v) is 11.9. The molecule has 1 aliphatic rings. The molecule has 0 saturated carbocycles. The third kappa shape index (κ3) is 3.54. The van der Waals surface area contributed by atoms with Crippen molar-refractivity contribution in [2.24, 2.45) is 0 Å². The molecule has 4 nitrogen and oxygen atoms in total. The topological polar surface area (TPSA) is 32.0 Å². The van der Waals surface area contributed by atoms with E-state index in [0.717, 1.165) is 61.6 Å². The van der Waals surface area contributed by atoms with Crippen LogP contribution in [0.3, 0.4) is 0 Å². The van der Waals surface area contributed by atoms with Gasteiger partial charge in [-0.25, -0.2) is 4.98 Å². The van der Waals surface area contributed by atoms with Crippen molar-refractivity contribution in [3.05, 3.63) is 158 Å². The maximum absolute atomic E-state index is 6.45. The Kier molecular flexibility index (Phi) is 5.34. The van der Waals surface area contributed by atoms with E-state index in [9.17, 15) is 0 Å². The number of fused-ring (bicyclic) bond motifs is 8. The number of para-hydroxylation sites is 6. The van der Waals surface area contributed by atoms with Crippen molar-refractivity contribution < 1.29 is 4.74 Å². The van der Waals surface area contributed by atoms with Gasteiger partial charge in [0.1, 0.15) is 23.1 Å². The summed E-state index contributed by atoms with van der Waals surface area (Å²) in [6.07, 6.45) is 0. The minimum absolute atomic E-state index is 0.0734. The lowest BCUT2D eigenvalue weighted by atomic mass is 9.35. The van der Waals surface area contributed by atoms with Crippen LogP contribution in [0.5, 0.6) is 11.5 Å². The van der Waals surface area contributed by atoms with Crippen molar-refractivity contribution in [3.8, 4) is 23.1 Å². The van der Waals surface area contributed by atoms with Gasteiger partial charge in [-0.15, -0.1) is 0 Å². The molecule has 0 unspecified atom stereocenters. The predicted molar refractivity (Wildman–Crippen MR) is 191 cm³/mol. The second-order valence-electron chi connectivity index (χ2n) is 11.9. The van der Waals surface area contributed by atoms with Gasteiger partial charge < -0.3 is 4.74 Å². The number of hydrogen-bond acceptors (Lipinski definition) is 2. The van der Waals surface area contributed by atoms with Gasteiger partial charge in [0.05, 0.1) is 22.1 Å². The Bertz CT molecular complexity index is 2500. The highest BCUT2D eigenvalue weighted by atomic mass is 16.5. The normalized spacial score (nSPS) is 12.5. The van der Waals surface area contributed by atoms with E-state index in [1.807, 2.05) is 12.1 Å². The molecule has 0 aliphatic carbocycles. The van der Waals surface area contributed by atoms with Gasteiger partial charge >= 0.3 is 0 Å². The average molecular weight is 587 g/mol. The number of hydrogen-bond donors (Lipinski definition) is 0. The smallest absolute Gasteiger partial charge is 0.255 e. The average Bonchev–Trinajstić information content (AvgIpc) is 3.64. The van der Waals surface area contributed by atoms with Crippen molar-refractivity contribution >= 4 is 66.7 Å². The summed E-state index contributed by atoms with van der Waals surface area (Å²) in [4.78, 5) is 5.66. The lowest BCUT2D eigenvalue weighted by molar-refractivity contribution is 0.487. The van der Waals surface area contributed by atoms with E-state index < -0.39 is 0 Å². The highest BCUT2D eigenvalue weighted by Gasteiger charge is 2.35. The number of nitrogens with zero attached hydrogens (tertiary/aromatic N) is 3. The highest BCUT2D eigenvalue weighted by molar-refractivity contribution is 6.97. The van der Waals surface area contributed by atoms with Crippen LogP contribution in [-0.4, -0.2) is 20.8 Å². The van der Waals surface area contributed by atoms with E-state index in [1.54, 1.807) is 0 Å². The summed E-state index contributed by atoms with van der Waals surface area (Å²) in [5.41, 5.74) is 7.93. The molecule has 1 aliphatic heterocycles. The summed E-state index contributed by atoms with van der Waals surface area (Å²) < 4.78 is 11.1. The minimum Gasteiger partial charge on any atom is -0.458 e. The van der Waals surface area contributed by atoms with Gasteiger partial charge in [0, 0.05) is 21.5 Å². The van der Waals surface area contributed by atoms with Crippen LogP contribution in [0.4, 0.5) is 0 Å². The van der Waals surface area contributed by atoms with Crippen LogP contribution in [0.15, 0.2) is 158 Å². The maximum atomic E-state index is 6.45. The fraction of sp³-hybridized carbons (Fsp3) is 0. The quantitative estimate of drug-likeness (QED) is 0.197. The molecule has 0 atom stereocenters. The van der Waals surface area contributed by atoms with Crippen molar-refractivity contribution in [1.29, 1.82) is 0 Å². The maximum Gasteiger partial charge on any atom is 0.255 e. The van der Waals surface area contributed by atoms with E-state index in [1.165, 1.54) is 21.5 Å². The molecule has 4 heterocycles. The Hall–Kier alpha value is -6.07. The van der Waals surface area contributed by atoms with Gasteiger partial charge in [-0.3, -0.25) is 9.13 Å². The Balaban J connectivity index is 1.35. The molecule has 3 aromatic heterocycles. The second kappa shape index (κ2) is 9.72. The van der Waals surface area contributed by atoms with Gasteiger partial charge in [-0.2, -0.15) is 0 Å². The van der Waals surface area contributed by atoms with E-state index >= 15 is 0 Å². The summed E-state index contributed by atoms with van der Waals surface area (Å²) >= 11 is 0. The van der Waals surface area contributed by atoms with E-state index in [0.29, 0.717) is 0 Å². The Morgan fingerprint density at radius 2 is 0.804 bits per heavy atom. The molecular weight excluding hydrogens is 561 g/mol. The van der Waals surface area contributed by atoms with E-state index in [-0.39, 0.29) is 6.71 Å². The summed E-state index contributed by atoms with van der Waals surface area (Å²) in [6.45, 7) is -0.0734. The van der Waals surface area contributed by atoms with Crippen molar-refractivity contribution in [3.63, 3.8) is 0 Å². The summed E-state index contributed by atoms with van der Waals surface area (Å²) in [7, 11) is 0. The molecule has 0 bridgehead atoms. The zero-order valence-electron chi connectivity index (χ0n) is 24.8. The lowest BCUT2D eigenvalue weighted by Gasteiger charge is -2.28. The molecule has 0 radical (unpaired) electrons. The molecule has 214 valence electrons. The Labute approximate surface area is 265 Å². The van der Waals surface area contributed by atoms with Crippen LogP contribution < -0.4 is 21.1 Å². The first-order valence-electron chi connectivity index (χ1n) is 15.7. The van der Waals surface area contributed by atoms with E-state index in [2.05, 4.69) is 155 Å². The van der Waals surface area contributed by atoms with Crippen molar-refractivity contribution in [2.75, 3.05) is 0 Å². The largest absolute Gasteiger partial charge is 0.458 e. The molecule has 46 heavy (non-hydrogen) atoms. The van der Waals surface area contributed by atoms with Gasteiger partial charge in [0.25, 0.3) is 6.71 Å². The number of pyridine rings is 1.